The molecule has 0 bridgehead atoms. The summed E-state index contributed by atoms with van der Waals surface area (Å²) < 4.78 is 0. The number of carbonyl (C=O) groups excluding carboxylic acids is 1. The molecular formula is C26H34N2O2. The second-order valence-electron chi connectivity index (χ2n) is 9.04. The van der Waals surface area contributed by atoms with Crippen molar-refractivity contribution in [1.29, 1.82) is 0 Å². The number of hydrogen-bond acceptors (Lipinski definition) is 4. The zero-order valence-corrected chi connectivity index (χ0v) is 17.8. The SMILES string of the molecule is O=C(CNCC1CCN(Cc2ccccc2)C1)C(O)(c1ccccc1)C1CCCC1. The van der Waals surface area contributed by atoms with Crippen molar-refractivity contribution in [3.05, 3.63) is 71.8 Å². The van der Waals surface area contributed by atoms with Gasteiger partial charge in [-0.1, -0.05) is 73.5 Å². The first-order valence-electron chi connectivity index (χ1n) is 11.4. The topological polar surface area (TPSA) is 52.6 Å². The van der Waals surface area contributed by atoms with E-state index in [2.05, 4.69) is 40.5 Å². The van der Waals surface area contributed by atoms with Gasteiger partial charge in [0.25, 0.3) is 0 Å². The van der Waals surface area contributed by atoms with Gasteiger partial charge in [-0.15, -0.1) is 0 Å². The van der Waals surface area contributed by atoms with Gasteiger partial charge in [-0.25, -0.2) is 0 Å². The van der Waals surface area contributed by atoms with Gasteiger partial charge in [0.15, 0.2) is 11.4 Å². The third kappa shape index (κ3) is 4.83. The number of benzene rings is 2. The Morgan fingerprint density at radius 1 is 1.00 bits per heavy atom. The van der Waals surface area contributed by atoms with E-state index in [9.17, 15) is 9.90 Å². The molecule has 0 radical (unpaired) electrons. The zero-order chi connectivity index (χ0) is 20.8. The molecule has 2 unspecified atom stereocenters. The van der Waals surface area contributed by atoms with Crippen molar-refractivity contribution < 1.29 is 9.90 Å². The van der Waals surface area contributed by atoms with Crippen LogP contribution in [0.2, 0.25) is 0 Å². The van der Waals surface area contributed by atoms with Crippen LogP contribution in [-0.4, -0.2) is 42.0 Å². The highest BCUT2D eigenvalue weighted by molar-refractivity contribution is 5.90. The van der Waals surface area contributed by atoms with Crippen LogP contribution in [0, 0.1) is 11.8 Å². The minimum absolute atomic E-state index is 0.0297. The molecule has 2 fully saturated rings. The Balaban J connectivity index is 1.30. The molecule has 4 heteroatoms. The lowest BCUT2D eigenvalue weighted by Crippen LogP contribution is -2.47. The fourth-order valence-corrected chi connectivity index (χ4v) is 5.25. The summed E-state index contributed by atoms with van der Waals surface area (Å²) in [6.07, 6.45) is 5.20. The maximum absolute atomic E-state index is 13.2. The summed E-state index contributed by atoms with van der Waals surface area (Å²) in [6, 6.07) is 20.1. The van der Waals surface area contributed by atoms with Crippen molar-refractivity contribution in [3.8, 4) is 0 Å². The van der Waals surface area contributed by atoms with E-state index in [1.165, 1.54) is 5.56 Å². The maximum atomic E-state index is 13.2. The molecule has 30 heavy (non-hydrogen) atoms. The molecule has 2 atom stereocenters. The number of carbonyl (C=O) groups is 1. The molecule has 2 aromatic rings. The van der Waals surface area contributed by atoms with E-state index in [-0.39, 0.29) is 18.2 Å². The van der Waals surface area contributed by atoms with Crippen molar-refractivity contribution in [2.24, 2.45) is 11.8 Å². The normalized spacial score (nSPS) is 22.2. The summed E-state index contributed by atoms with van der Waals surface area (Å²) >= 11 is 0. The van der Waals surface area contributed by atoms with Gasteiger partial charge >= 0.3 is 0 Å². The first kappa shape index (κ1) is 21.2. The Morgan fingerprint density at radius 3 is 2.37 bits per heavy atom. The molecule has 1 saturated carbocycles. The van der Waals surface area contributed by atoms with E-state index < -0.39 is 5.60 Å². The van der Waals surface area contributed by atoms with Crippen LogP contribution in [0.3, 0.4) is 0 Å². The van der Waals surface area contributed by atoms with Crippen LogP contribution in [0.15, 0.2) is 60.7 Å². The largest absolute Gasteiger partial charge is 0.377 e. The first-order valence-corrected chi connectivity index (χ1v) is 11.4. The number of hydrogen-bond donors (Lipinski definition) is 2. The van der Waals surface area contributed by atoms with Crippen LogP contribution >= 0.6 is 0 Å². The maximum Gasteiger partial charge on any atom is 0.182 e. The van der Waals surface area contributed by atoms with Gasteiger partial charge < -0.3 is 10.4 Å². The van der Waals surface area contributed by atoms with E-state index in [1.807, 2.05) is 30.3 Å². The van der Waals surface area contributed by atoms with Crippen molar-refractivity contribution in [2.45, 2.75) is 44.2 Å². The minimum Gasteiger partial charge on any atom is -0.377 e. The molecule has 1 aliphatic carbocycles. The number of Topliss-reactive ketones (excluding diaryl/α,β-unsaturated/α-hetero) is 1. The number of nitrogens with one attached hydrogen (secondary N) is 1. The predicted octanol–water partition coefficient (Wildman–Crippen LogP) is 3.75. The van der Waals surface area contributed by atoms with Crippen LogP contribution in [0.4, 0.5) is 0 Å². The number of likely N-dealkylation sites (tertiary alicyclic amines) is 1. The average Bonchev–Trinajstić information content (AvgIpc) is 3.47. The molecular weight excluding hydrogens is 372 g/mol. The third-order valence-electron chi connectivity index (χ3n) is 6.92. The Hall–Kier alpha value is -2.01. The lowest BCUT2D eigenvalue weighted by atomic mass is 9.77. The summed E-state index contributed by atoms with van der Waals surface area (Å²) in [6.45, 7) is 4.21. The van der Waals surface area contributed by atoms with Gasteiger partial charge in [0.2, 0.25) is 0 Å². The highest BCUT2D eigenvalue weighted by Crippen LogP contribution is 2.41. The second-order valence-corrected chi connectivity index (χ2v) is 9.04. The summed E-state index contributed by atoms with van der Waals surface area (Å²) in [7, 11) is 0. The molecule has 2 aliphatic rings. The van der Waals surface area contributed by atoms with Crippen LogP contribution < -0.4 is 5.32 Å². The molecule has 0 amide bonds. The van der Waals surface area contributed by atoms with Crippen molar-refractivity contribution >= 4 is 5.78 Å². The van der Waals surface area contributed by atoms with Crippen molar-refractivity contribution in [3.63, 3.8) is 0 Å². The van der Waals surface area contributed by atoms with Gasteiger partial charge in [0.1, 0.15) is 0 Å². The number of nitrogens with zero attached hydrogens (tertiary/aromatic N) is 1. The molecule has 4 nitrogen and oxygen atoms in total. The Kier molecular flexibility index (Phi) is 6.98. The van der Waals surface area contributed by atoms with Crippen LogP contribution in [0.25, 0.3) is 0 Å². The Morgan fingerprint density at radius 2 is 1.67 bits per heavy atom. The summed E-state index contributed by atoms with van der Waals surface area (Å²) in [4.78, 5) is 15.7. The number of ketones is 1. The molecule has 2 N–H and O–H groups in total. The molecule has 2 aromatic carbocycles. The third-order valence-corrected chi connectivity index (χ3v) is 6.92. The van der Waals surface area contributed by atoms with Gasteiger partial charge in [0, 0.05) is 13.1 Å². The predicted molar refractivity (Wildman–Crippen MR) is 120 cm³/mol. The standard InChI is InChI=1S/C26H34N2O2/c29-25(26(30,24-13-7-8-14-24)23-11-5-2-6-12-23)18-27-17-22-15-16-28(20-22)19-21-9-3-1-4-10-21/h1-6,9-12,22,24,27,30H,7-8,13-20H2. The second kappa shape index (κ2) is 9.86. The first-order chi connectivity index (χ1) is 14.7. The lowest BCUT2D eigenvalue weighted by molar-refractivity contribution is -0.144. The minimum atomic E-state index is -1.36. The van der Waals surface area contributed by atoms with E-state index in [4.69, 9.17) is 0 Å². The molecule has 0 spiro atoms. The van der Waals surface area contributed by atoms with E-state index >= 15 is 0 Å². The zero-order valence-electron chi connectivity index (χ0n) is 17.8. The quantitative estimate of drug-likeness (QED) is 0.666. The molecule has 4 rings (SSSR count). The average molecular weight is 407 g/mol. The van der Waals surface area contributed by atoms with E-state index in [0.717, 1.165) is 63.8 Å². The van der Waals surface area contributed by atoms with Crippen LogP contribution in [0.1, 0.15) is 43.2 Å². The van der Waals surface area contributed by atoms with Crippen LogP contribution in [0.5, 0.6) is 0 Å². The Labute approximate surface area is 180 Å². The highest BCUT2D eigenvalue weighted by Gasteiger charge is 2.45. The molecule has 160 valence electrons. The monoisotopic (exact) mass is 406 g/mol. The molecule has 1 aliphatic heterocycles. The highest BCUT2D eigenvalue weighted by atomic mass is 16.3. The van der Waals surface area contributed by atoms with Gasteiger partial charge in [0.05, 0.1) is 6.54 Å². The fourth-order valence-electron chi connectivity index (χ4n) is 5.25. The lowest BCUT2D eigenvalue weighted by Gasteiger charge is -2.33. The number of aliphatic hydroxyl groups is 1. The van der Waals surface area contributed by atoms with Crippen molar-refractivity contribution in [1.82, 2.24) is 10.2 Å². The van der Waals surface area contributed by atoms with Crippen LogP contribution in [-0.2, 0) is 16.9 Å². The smallest absolute Gasteiger partial charge is 0.182 e. The Bertz CT molecular complexity index is 804. The molecule has 1 saturated heterocycles. The summed E-state index contributed by atoms with van der Waals surface area (Å²) in [5, 5.41) is 14.9. The van der Waals surface area contributed by atoms with E-state index in [1.54, 1.807) is 0 Å². The number of rotatable bonds is 9. The molecule has 1 heterocycles. The van der Waals surface area contributed by atoms with E-state index in [0.29, 0.717) is 5.92 Å². The summed E-state index contributed by atoms with van der Waals surface area (Å²) in [5.74, 6) is 0.500. The van der Waals surface area contributed by atoms with Crippen molar-refractivity contribution in [2.75, 3.05) is 26.2 Å². The van der Waals surface area contributed by atoms with Gasteiger partial charge in [-0.3, -0.25) is 9.69 Å². The molecule has 0 aromatic heterocycles. The van der Waals surface area contributed by atoms with Gasteiger partial charge in [-0.05, 0) is 55.3 Å². The summed E-state index contributed by atoms with van der Waals surface area (Å²) in [5.41, 5.74) is 0.740. The fraction of sp³-hybridized carbons (Fsp3) is 0.500. The van der Waals surface area contributed by atoms with Gasteiger partial charge in [-0.2, -0.15) is 0 Å².